The monoisotopic (exact) mass is 380 g/mol. The molecule has 0 unspecified atom stereocenters. The first-order valence-corrected chi connectivity index (χ1v) is 9.26. The van der Waals surface area contributed by atoms with Crippen molar-refractivity contribution in [3.8, 4) is 5.75 Å². The number of aryl methyl sites for hydroxylation is 1. The second kappa shape index (κ2) is 9.60. The Labute approximate surface area is 163 Å². The Bertz CT molecular complexity index is 931. The van der Waals surface area contributed by atoms with Crippen LogP contribution in [0.3, 0.4) is 0 Å². The molecule has 0 spiro atoms. The molecule has 6 heteroatoms. The van der Waals surface area contributed by atoms with Crippen LogP contribution in [0.2, 0.25) is 0 Å². The van der Waals surface area contributed by atoms with E-state index in [1.807, 2.05) is 48.7 Å². The molecule has 2 aromatic carbocycles. The van der Waals surface area contributed by atoms with E-state index in [4.69, 9.17) is 9.47 Å². The predicted molar refractivity (Wildman–Crippen MR) is 107 cm³/mol. The Balaban J connectivity index is 1.33. The number of H-pyrrole nitrogens is 1. The Morgan fingerprint density at radius 1 is 1.07 bits per heavy atom. The number of benzene rings is 2. The van der Waals surface area contributed by atoms with Gasteiger partial charge >= 0.3 is 5.97 Å². The van der Waals surface area contributed by atoms with Gasteiger partial charge in [-0.2, -0.15) is 0 Å². The first kappa shape index (κ1) is 19.5. The molecular formula is C22H24N2O4. The summed E-state index contributed by atoms with van der Waals surface area (Å²) in [5.74, 6) is 0.0804. The number of rotatable bonds is 9. The maximum atomic E-state index is 11.9. The fraction of sp³-hybridized carbons (Fsp3) is 0.273. The molecule has 0 aliphatic heterocycles. The van der Waals surface area contributed by atoms with E-state index in [0.29, 0.717) is 13.0 Å². The van der Waals surface area contributed by atoms with Gasteiger partial charge in [0.2, 0.25) is 0 Å². The van der Waals surface area contributed by atoms with Crippen molar-refractivity contribution in [1.29, 1.82) is 0 Å². The van der Waals surface area contributed by atoms with E-state index >= 15 is 0 Å². The van der Waals surface area contributed by atoms with E-state index < -0.39 is 0 Å². The van der Waals surface area contributed by atoms with Crippen molar-refractivity contribution >= 4 is 22.8 Å². The number of para-hydroxylation sites is 1. The van der Waals surface area contributed by atoms with Gasteiger partial charge in [0.05, 0.1) is 7.11 Å². The summed E-state index contributed by atoms with van der Waals surface area (Å²) < 4.78 is 10.1. The second-order valence-electron chi connectivity index (χ2n) is 6.50. The zero-order valence-corrected chi connectivity index (χ0v) is 15.9. The van der Waals surface area contributed by atoms with Crippen molar-refractivity contribution in [3.63, 3.8) is 0 Å². The topological polar surface area (TPSA) is 80.4 Å². The summed E-state index contributed by atoms with van der Waals surface area (Å²) in [5, 5.41) is 3.90. The van der Waals surface area contributed by atoms with E-state index in [0.717, 1.165) is 23.3 Å². The van der Waals surface area contributed by atoms with Gasteiger partial charge in [0.25, 0.3) is 5.91 Å². The Morgan fingerprint density at radius 2 is 1.86 bits per heavy atom. The first-order valence-electron chi connectivity index (χ1n) is 9.26. The molecular weight excluding hydrogens is 356 g/mol. The molecule has 0 bridgehead atoms. The molecule has 0 aliphatic rings. The summed E-state index contributed by atoms with van der Waals surface area (Å²) in [6, 6.07) is 15.5. The summed E-state index contributed by atoms with van der Waals surface area (Å²) in [4.78, 5) is 26.9. The zero-order valence-electron chi connectivity index (χ0n) is 15.9. The Hall–Kier alpha value is -3.28. The summed E-state index contributed by atoms with van der Waals surface area (Å²) in [6.45, 7) is 0.114. The molecule has 0 saturated carbocycles. The minimum Gasteiger partial charge on any atom is -0.497 e. The number of ether oxygens (including phenoxy) is 2. The standard InChI is InChI=1S/C22H24N2O4/c1-27-18-11-9-16(10-12-18)13-24-21(25)15-28-22(26)8-4-5-17-14-23-20-7-3-2-6-19(17)20/h2-3,6-7,9-12,14,23H,4-5,8,13,15H2,1H3,(H,24,25). The number of methoxy groups -OCH3 is 1. The zero-order chi connectivity index (χ0) is 19.8. The smallest absolute Gasteiger partial charge is 0.306 e. The molecule has 0 saturated heterocycles. The Kier molecular flexibility index (Phi) is 6.68. The van der Waals surface area contributed by atoms with Crippen LogP contribution in [0.5, 0.6) is 5.75 Å². The Morgan fingerprint density at radius 3 is 2.64 bits per heavy atom. The van der Waals surface area contributed by atoms with Crippen LogP contribution in [-0.2, 0) is 27.3 Å². The number of aromatic nitrogens is 1. The number of aromatic amines is 1. The van der Waals surface area contributed by atoms with Crippen molar-refractivity contribution in [1.82, 2.24) is 10.3 Å². The maximum absolute atomic E-state index is 11.9. The second-order valence-corrected chi connectivity index (χ2v) is 6.50. The molecule has 1 heterocycles. The first-order chi connectivity index (χ1) is 13.7. The van der Waals surface area contributed by atoms with Gasteiger partial charge in [-0.15, -0.1) is 0 Å². The lowest BCUT2D eigenvalue weighted by Gasteiger charge is -2.07. The van der Waals surface area contributed by atoms with Gasteiger partial charge in [0.1, 0.15) is 5.75 Å². The van der Waals surface area contributed by atoms with Crippen LogP contribution in [0.4, 0.5) is 0 Å². The maximum Gasteiger partial charge on any atom is 0.306 e. The third-order valence-corrected chi connectivity index (χ3v) is 4.51. The number of hydrogen-bond donors (Lipinski definition) is 2. The minimum absolute atomic E-state index is 0.262. The SMILES string of the molecule is COc1ccc(CNC(=O)COC(=O)CCCc2c[nH]c3ccccc23)cc1. The van der Waals surface area contributed by atoms with Crippen LogP contribution in [0.15, 0.2) is 54.7 Å². The fourth-order valence-corrected chi connectivity index (χ4v) is 2.97. The molecule has 28 heavy (non-hydrogen) atoms. The quantitative estimate of drug-likeness (QED) is 0.558. The van der Waals surface area contributed by atoms with E-state index in [-0.39, 0.29) is 24.9 Å². The number of fused-ring (bicyclic) bond motifs is 1. The summed E-state index contributed by atoms with van der Waals surface area (Å²) in [7, 11) is 1.60. The van der Waals surface area contributed by atoms with E-state index in [1.54, 1.807) is 7.11 Å². The predicted octanol–water partition coefficient (Wildman–Crippen LogP) is 3.36. The van der Waals surface area contributed by atoms with Crippen molar-refractivity contribution < 1.29 is 19.1 Å². The van der Waals surface area contributed by atoms with Crippen LogP contribution < -0.4 is 10.1 Å². The molecule has 3 rings (SSSR count). The highest BCUT2D eigenvalue weighted by molar-refractivity contribution is 5.83. The van der Waals surface area contributed by atoms with Crippen LogP contribution in [-0.4, -0.2) is 30.6 Å². The number of carbonyl (C=O) groups excluding carboxylic acids is 2. The average Bonchev–Trinajstić information content (AvgIpc) is 3.14. The molecule has 6 nitrogen and oxygen atoms in total. The van der Waals surface area contributed by atoms with Gasteiger partial charge in [-0.3, -0.25) is 9.59 Å². The fourth-order valence-electron chi connectivity index (χ4n) is 2.97. The van der Waals surface area contributed by atoms with Crippen molar-refractivity contribution in [2.75, 3.05) is 13.7 Å². The number of carbonyl (C=O) groups is 2. The number of esters is 1. The molecule has 1 aromatic heterocycles. The molecule has 0 atom stereocenters. The van der Waals surface area contributed by atoms with Gasteiger partial charge in [0.15, 0.2) is 6.61 Å². The van der Waals surface area contributed by atoms with Crippen LogP contribution in [0.25, 0.3) is 10.9 Å². The van der Waals surface area contributed by atoms with Crippen molar-refractivity contribution in [2.45, 2.75) is 25.8 Å². The van der Waals surface area contributed by atoms with Gasteiger partial charge in [-0.05, 0) is 42.2 Å². The number of nitrogens with one attached hydrogen (secondary N) is 2. The minimum atomic E-state index is -0.362. The highest BCUT2D eigenvalue weighted by Gasteiger charge is 2.09. The van der Waals surface area contributed by atoms with E-state index in [1.165, 1.54) is 10.9 Å². The summed E-state index contributed by atoms with van der Waals surface area (Å²) >= 11 is 0. The highest BCUT2D eigenvalue weighted by atomic mass is 16.5. The lowest BCUT2D eigenvalue weighted by molar-refractivity contribution is -0.148. The van der Waals surface area contributed by atoms with E-state index in [9.17, 15) is 9.59 Å². The largest absolute Gasteiger partial charge is 0.497 e. The lowest BCUT2D eigenvalue weighted by Crippen LogP contribution is -2.28. The van der Waals surface area contributed by atoms with Gasteiger partial charge in [0, 0.05) is 30.1 Å². The summed E-state index contributed by atoms with van der Waals surface area (Å²) in [6.07, 6.45) is 3.71. The normalized spacial score (nSPS) is 10.6. The third kappa shape index (κ3) is 5.36. The van der Waals surface area contributed by atoms with E-state index in [2.05, 4.69) is 16.4 Å². The molecule has 146 valence electrons. The summed E-state index contributed by atoms with van der Waals surface area (Å²) in [5.41, 5.74) is 3.22. The highest BCUT2D eigenvalue weighted by Crippen LogP contribution is 2.19. The molecule has 2 N–H and O–H groups in total. The van der Waals surface area contributed by atoms with Gasteiger partial charge in [-0.25, -0.2) is 0 Å². The molecule has 3 aromatic rings. The van der Waals surface area contributed by atoms with Crippen LogP contribution >= 0.6 is 0 Å². The molecule has 0 aliphatic carbocycles. The van der Waals surface area contributed by atoms with Crippen molar-refractivity contribution in [2.24, 2.45) is 0 Å². The lowest BCUT2D eigenvalue weighted by atomic mass is 10.1. The van der Waals surface area contributed by atoms with Crippen molar-refractivity contribution in [3.05, 3.63) is 65.9 Å². The average molecular weight is 380 g/mol. The molecule has 0 radical (unpaired) electrons. The molecule has 1 amide bonds. The number of amides is 1. The van der Waals surface area contributed by atoms with Gasteiger partial charge < -0.3 is 19.8 Å². The van der Waals surface area contributed by atoms with Gasteiger partial charge in [-0.1, -0.05) is 30.3 Å². The number of hydrogen-bond acceptors (Lipinski definition) is 4. The van der Waals surface area contributed by atoms with Crippen LogP contribution in [0.1, 0.15) is 24.0 Å². The van der Waals surface area contributed by atoms with Crippen LogP contribution in [0, 0.1) is 0 Å². The third-order valence-electron chi connectivity index (χ3n) is 4.51. The molecule has 0 fully saturated rings.